The average Bonchev–Trinajstić information content (AvgIpc) is 1.85. The lowest BCUT2D eigenvalue weighted by Crippen LogP contribution is -2.22. The molecule has 2 nitrogen and oxygen atoms in total. The maximum atomic E-state index is 8.84. The van der Waals surface area contributed by atoms with Crippen molar-refractivity contribution in [2.75, 3.05) is 6.54 Å². The van der Waals surface area contributed by atoms with E-state index in [-0.39, 0.29) is 6.10 Å². The highest BCUT2D eigenvalue weighted by Gasteiger charge is 1.92. The molecule has 0 aliphatic heterocycles. The van der Waals surface area contributed by atoms with Gasteiger partial charge in [-0.2, -0.15) is 0 Å². The van der Waals surface area contributed by atoms with Crippen molar-refractivity contribution in [1.82, 2.24) is 5.32 Å². The highest BCUT2D eigenvalue weighted by Crippen LogP contribution is 1.86. The molecule has 0 radical (unpaired) electrons. The lowest BCUT2D eigenvalue weighted by atomic mass is 10.3. The summed E-state index contributed by atoms with van der Waals surface area (Å²) < 4.78 is 0. The molecule has 0 bridgehead atoms. The molecule has 0 rings (SSSR count). The Morgan fingerprint density at radius 1 is 1.80 bits per heavy atom. The predicted octanol–water partition coefficient (Wildman–Crippen LogP) is 1.05. The molecular formula is C8H15NO. The zero-order valence-electron chi connectivity index (χ0n) is 6.59. The van der Waals surface area contributed by atoms with E-state index in [0.29, 0.717) is 6.54 Å². The van der Waals surface area contributed by atoms with Crippen LogP contribution in [0, 0.1) is 0 Å². The van der Waals surface area contributed by atoms with Crippen molar-refractivity contribution < 1.29 is 5.11 Å². The zero-order chi connectivity index (χ0) is 7.98. The molecule has 1 atom stereocenters. The highest BCUT2D eigenvalue weighted by molar-refractivity contribution is 5.11. The third-order valence-electron chi connectivity index (χ3n) is 0.992. The molecule has 0 fully saturated rings. The normalized spacial score (nSPS) is 13.5. The van der Waals surface area contributed by atoms with Gasteiger partial charge in [0.15, 0.2) is 0 Å². The Kier molecular flexibility index (Phi) is 4.67. The first-order valence-corrected chi connectivity index (χ1v) is 3.40. The molecule has 2 N–H and O–H groups in total. The van der Waals surface area contributed by atoms with Gasteiger partial charge in [0.1, 0.15) is 0 Å². The van der Waals surface area contributed by atoms with Crippen LogP contribution in [0.5, 0.6) is 0 Å². The Labute approximate surface area is 62.3 Å². The smallest absolute Gasteiger partial charge is 0.0684 e. The third kappa shape index (κ3) is 5.38. The van der Waals surface area contributed by atoms with E-state index >= 15 is 0 Å². The molecule has 0 aliphatic carbocycles. The third-order valence-corrected chi connectivity index (χ3v) is 0.992. The predicted molar refractivity (Wildman–Crippen MR) is 43.6 cm³/mol. The summed E-state index contributed by atoms with van der Waals surface area (Å²) in [5.74, 6) is 0. The average molecular weight is 141 g/mol. The summed E-state index contributed by atoms with van der Waals surface area (Å²) in [6.07, 6.45) is 3.45. The number of aliphatic hydroxyl groups is 1. The number of hydrogen-bond acceptors (Lipinski definition) is 2. The molecule has 0 saturated heterocycles. The van der Waals surface area contributed by atoms with Crippen LogP contribution in [-0.2, 0) is 0 Å². The summed E-state index contributed by atoms with van der Waals surface area (Å²) in [4.78, 5) is 0. The lowest BCUT2D eigenvalue weighted by Gasteiger charge is -2.06. The van der Waals surface area contributed by atoms with E-state index in [1.54, 1.807) is 6.92 Å². The van der Waals surface area contributed by atoms with Crippen molar-refractivity contribution in [3.05, 3.63) is 24.4 Å². The van der Waals surface area contributed by atoms with Crippen molar-refractivity contribution in [2.24, 2.45) is 0 Å². The maximum Gasteiger partial charge on any atom is 0.0684 e. The molecule has 0 amide bonds. The Morgan fingerprint density at radius 3 is 2.80 bits per heavy atom. The Bertz CT molecular complexity index is 127. The van der Waals surface area contributed by atoms with Gasteiger partial charge in [-0.1, -0.05) is 12.7 Å². The first-order valence-electron chi connectivity index (χ1n) is 3.40. The van der Waals surface area contributed by atoms with Gasteiger partial charge in [-0.3, -0.25) is 0 Å². The Morgan fingerprint density at radius 2 is 2.40 bits per heavy atom. The molecule has 0 aromatic heterocycles. The number of hydrogen-bond donors (Lipinski definition) is 2. The molecule has 1 unspecified atom stereocenters. The summed E-state index contributed by atoms with van der Waals surface area (Å²) in [6, 6.07) is 0. The first kappa shape index (κ1) is 9.24. The van der Waals surface area contributed by atoms with E-state index in [1.807, 2.05) is 19.1 Å². The number of nitrogens with one attached hydrogen (secondary N) is 1. The van der Waals surface area contributed by atoms with Crippen molar-refractivity contribution >= 4 is 0 Å². The van der Waals surface area contributed by atoms with Crippen LogP contribution in [0.3, 0.4) is 0 Å². The summed E-state index contributed by atoms with van der Waals surface area (Å²) in [5, 5.41) is 11.8. The van der Waals surface area contributed by atoms with Crippen LogP contribution in [0.15, 0.2) is 24.4 Å². The van der Waals surface area contributed by atoms with Crippen LogP contribution in [-0.4, -0.2) is 17.8 Å². The van der Waals surface area contributed by atoms with Gasteiger partial charge in [-0.15, -0.1) is 0 Å². The van der Waals surface area contributed by atoms with E-state index in [4.69, 9.17) is 5.11 Å². The second-order valence-electron chi connectivity index (χ2n) is 2.26. The van der Waals surface area contributed by atoms with Gasteiger partial charge >= 0.3 is 0 Å². The molecule has 10 heavy (non-hydrogen) atoms. The minimum Gasteiger partial charge on any atom is -0.392 e. The van der Waals surface area contributed by atoms with Crippen molar-refractivity contribution in [1.29, 1.82) is 0 Å². The number of allylic oxidation sites excluding steroid dienone is 2. The molecule has 0 aromatic rings. The molecule has 0 aliphatic rings. The van der Waals surface area contributed by atoms with Gasteiger partial charge in [0.25, 0.3) is 0 Å². The SMILES string of the molecule is C=C(/C=C\C)NCC(C)O. The minimum absolute atomic E-state index is 0.318. The molecular weight excluding hydrogens is 126 g/mol. The molecule has 2 heteroatoms. The van der Waals surface area contributed by atoms with E-state index in [1.165, 1.54) is 0 Å². The monoisotopic (exact) mass is 141 g/mol. The van der Waals surface area contributed by atoms with Crippen LogP contribution >= 0.6 is 0 Å². The molecule has 58 valence electrons. The van der Waals surface area contributed by atoms with Crippen LogP contribution in [0.1, 0.15) is 13.8 Å². The Hall–Kier alpha value is -0.760. The Balaban J connectivity index is 3.40. The molecule has 0 saturated carbocycles. The van der Waals surface area contributed by atoms with E-state index in [9.17, 15) is 0 Å². The van der Waals surface area contributed by atoms with Crippen LogP contribution in [0.25, 0.3) is 0 Å². The molecule has 0 aromatic carbocycles. The van der Waals surface area contributed by atoms with Gasteiger partial charge in [0.2, 0.25) is 0 Å². The second kappa shape index (κ2) is 5.06. The van der Waals surface area contributed by atoms with Gasteiger partial charge in [0.05, 0.1) is 6.10 Å². The fourth-order valence-electron chi connectivity index (χ4n) is 0.539. The first-order chi connectivity index (χ1) is 4.66. The van der Waals surface area contributed by atoms with Crippen molar-refractivity contribution in [3.8, 4) is 0 Å². The largest absolute Gasteiger partial charge is 0.392 e. The van der Waals surface area contributed by atoms with Crippen LogP contribution < -0.4 is 5.32 Å². The van der Waals surface area contributed by atoms with E-state index in [2.05, 4.69) is 11.9 Å². The fourth-order valence-corrected chi connectivity index (χ4v) is 0.539. The van der Waals surface area contributed by atoms with Gasteiger partial charge in [-0.05, 0) is 19.9 Å². The summed E-state index contributed by atoms with van der Waals surface area (Å²) >= 11 is 0. The lowest BCUT2D eigenvalue weighted by molar-refractivity contribution is 0.195. The van der Waals surface area contributed by atoms with Crippen molar-refractivity contribution in [2.45, 2.75) is 20.0 Å². The molecule has 0 spiro atoms. The highest BCUT2D eigenvalue weighted by atomic mass is 16.3. The zero-order valence-corrected chi connectivity index (χ0v) is 6.59. The van der Waals surface area contributed by atoms with E-state index < -0.39 is 0 Å². The second-order valence-corrected chi connectivity index (χ2v) is 2.26. The number of aliphatic hydroxyl groups excluding tert-OH is 1. The van der Waals surface area contributed by atoms with Gasteiger partial charge < -0.3 is 10.4 Å². The summed E-state index contributed by atoms with van der Waals surface area (Å²) in [7, 11) is 0. The fraction of sp³-hybridized carbons (Fsp3) is 0.500. The summed E-state index contributed by atoms with van der Waals surface area (Å²) in [5.41, 5.74) is 0.836. The maximum absolute atomic E-state index is 8.84. The van der Waals surface area contributed by atoms with Gasteiger partial charge in [-0.25, -0.2) is 0 Å². The topological polar surface area (TPSA) is 32.3 Å². The standard InChI is InChI=1S/C8H15NO/c1-4-5-7(2)9-6-8(3)10/h4-5,8-10H,2,6H2,1,3H3/b5-4-. The summed E-state index contributed by atoms with van der Waals surface area (Å²) in [6.45, 7) is 7.92. The van der Waals surface area contributed by atoms with E-state index in [0.717, 1.165) is 5.70 Å². The van der Waals surface area contributed by atoms with Crippen LogP contribution in [0.4, 0.5) is 0 Å². The quantitative estimate of drug-likeness (QED) is 0.573. The minimum atomic E-state index is -0.318. The molecule has 0 heterocycles. The van der Waals surface area contributed by atoms with Crippen molar-refractivity contribution in [3.63, 3.8) is 0 Å². The van der Waals surface area contributed by atoms with Crippen LogP contribution in [0.2, 0.25) is 0 Å². The van der Waals surface area contributed by atoms with Gasteiger partial charge in [0, 0.05) is 12.2 Å². The number of rotatable bonds is 4.